The van der Waals surface area contributed by atoms with Gasteiger partial charge in [0.1, 0.15) is 0 Å². The zero-order valence-electron chi connectivity index (χ0n) is 6.98. The molecule has 1 aliphatic carbocycles. The molecule has 0 aliphatic heterocycles. The van der Waals surface area contributed by atoms with Gasteiger partial charge in [0.2, 0.25) is 0 Å². The number of hydrogen-bond acceptors (Lipinski definition) is 1. The summed E-state index contributed by atoms with van der Waals surface area (Å²) >= 11 is 0. The van der Waals surface area contributed by atoms with Crippen LogP contribution in [0.15, 0.2) is 12.2 Å². The summed E-state index contributed by atoms with van der Waals surface area (Å²) < 4.78 is 0. The fourth-order valence-corrected chi connectivity index (χ4v) is 1.90. The molecule has 0 saturated heterocycles. The molecule has 58 valence electrons. The van der Waals surface area contributed by atoms with Crippen LogP contribution in [0.5, 0.6) is 0 Å². The second kappa shape index (κ2) is 3.20. The van der Waals surface area contributed by atoms with Crippen LogP contribution < -0.4 is 5.32 Å². The van der Waals surface area contributed by atoms with Crippen LogP contribution in [0, 0.1) is 5.92 Å². The third-order valence-corrected chi connectivity index (χ3v) is 2.52. The molecule has 0 aromatic rings. The predicted octanol–water partition coefficient (Wildman–Crippen LogP) is 1.95. The van der Waals surface area contributed by atoms with E-state index in [0.29, 0.717) is 6.04 Å². The SMILES string of the molecule is C=C(C)C1CCCC1NC. The van der Waals surface area contributed by atoms with Crippen LogP contribution in [0.2, 0.25) is 0 Å². The van der Waals surface area contributed by atoms with Crippen molar-refractivity contribution < 1.29 is 0 Å². The first-order valence-corrected chi connectivity index (χ1v) is 4.08. The van der Waals surface area contributed by atoms with Crippen LogP contribution in [0.4, 0.5) is 0 Å². The standard InChI is InChI=1S/C9H17N/c1-7(2)8-5-4-6-9(8)10-3/h8-10H,1,4-6H2,2-3H3. The highest BCUT2D eigenvalue weighted by Crippen LogP contribution is 2.29. The molecule has 1 rings (SSSR count). The maximum Gasteiger partial charge on any atom is 0.0129 e. The molecule has 2 atom stereocenters. The minimum Gasteiger partial charge on any atom is -0.316 e. The fourth-order valence-electron chi connectivity index (χ4n) is 1.90. The molecule has 0 aromatic carbocycles. The van der Waals surface area contributed by atoms with Crippen molar-refractivity contribution in [3.63, 3.8) is 0 Å². The molecule has 1 aliphatic rings. The Morgan fingerprint density at radius 1 is 1.50 bits per heavy atom. The summed E-state index contributed by atoms with van der Waals surface area (Å²) in [5.74, 6) is 0.741. The van der Waals surface area contributed by atoms with Gasteiger partial charge in [-0.25, -0.2) is 0 Å². The first-order valence-electron chi connectivity index (χ1n) is 4.08. The van der Waals surface area contributed by atoms with Crippen molar-refractivity contribution in [3.8, 4) is 0 Å². The molecule has 0 aromatic heterocycles. The number of hydrogen-bond donors (Lipinski definition) is 1. The highest BCUT2D eigenvalue weighted by atomic mass is 14.9. The Kier molecular flexibility index (Phi) is 2.50. The van der Waals surface area contributed by atoms with Gasteiger partial charge in [-0.2, -0.15) is 0 Å². The molecule has 0 radical (unpaired) electrons. The van der Waals surface area contributed by atoms with Crippen LogP contribution in [0.25, 0.3) is 0 Å². The maximum atomic E-state index is 4.00. The van der Waals surface area contributed by atoms with Crippen molar-refractivity contribution >= 4 is 0 Å². The van der Waals surface area contributed by atoms with Crippen LogP contribution in [-0.4, -0.2) is 13.1 Å². The van der Waals surface area contributed by atoms with Crippen LogP contribution in [0.1, 0.15) is 26.2 Å². The summed E-state index contributed by atoms with van der Waals surface area (Å²) in [4.78, 5) is 0. The Balaban J connectivity index is 2.50. The van der Waals surface area contributed by atoms with Gasteiger partial charge in [-0.15, -0.1) is 0 Å². The van der Waals surface area contributed by atoms with E-state index < -0.39 is 0 Å². The number of nitrogens with one attached hydrogen (secondary N) is 1. The molecule has 1 fully saturated rings. The first kappa shape index (κ1) is 7.80. The summed E-state index contributed by atoms with van der Waals surface area (Å²) in [6.45, 7) is 6.13. The van der Waals surface area contributed by atoms with Crippen molar-refractivity contribution in [1.29, 1.82) is 0 Å². The maximum absolute atomic E-state index is 4.00. The van der Waals surface area contributed by atoms with Gasteiger partial charge in [0.25, 0.3) is 0 Å². The molecule has 2 unspecified atom stereocenters. The molecule has 1 heteroatoms. The lowest BCUT2D eigenvalue weighted by atomic mass is 9.97. The third-order valence-electron chi connectivity index (χ3n) is 2.52. The van der Waals surface area contributed by atoms with E-state index in [4.69, 9.17) is 0 Å². The van der Waals surface area contributed by atoms with Gasteiger partial charge < -0.3 is 5.32 Å². The summed E-state index contributed by atoms with van der Waals surface area (Å²) in [7, 11) is 2.05. The highest BCUT2D eigenvalue weighted by molar-refractivity contribution is 5.03. The largest absolute Gasteiger partial charge is 0.316 e. The monoisotopic (exact) mass is 139 g/mol. The Bertz CT molecular complexity index is 129. The van der Waals surface area contributed by atoms with Crippen LogP contribution in [-0.2, 0) is 0 Å². The Morgan fingerprint density at radius 2 is 2.20 bits per heavy atom. The zero-order valence-corrected chi connectivity index (χ0v) is 6.98. The molecule has 0 amide bonds. The smallest absolute Gasteiger partial charge is 0.0129 e. The molecule has 10 heavy (non-hydrogen) atoms. The van der Waals surface area contributed by atoms with E-state index in [-0.39, 0.29) is 0 Å². The quantitative estimate of drug-likeness (QED) is 0.577. The fraction of sp³-hybridized carbons (Fsp3) is 0.778. The molecule has 0 heterocycles. The van der Waals surface area contributed by atoms with Crippen molar-refractivity contribution in [1.82, 2.24) is 5.32 Å². The lowest BCUT2D eigenvalue weighted by Crippen LogP contribution is -2.29. The van der Waals surface area contributed by atoms with Gasteiger partial charge in [0, 0.05) is 6.04 Å². The van der Waals surface area contributed by atoms with E-state index in [1.165, 1.54) is 24.8 Å². The minimum absolute atomic E-state index is 0.706. The molecular formula is C9H17N. The normalized spacial score (nSPS) is 32.6. The second-order valence-corrected chi connectivity index (χ2v) is 3.28. The lowest BCUT2D eigenvalue weighted by Gasteiger charge is -2.18. The van der Waals surface area contributed by atoms with Crippen molar-refractivity contribution in [2.75, 3.05) is 7.05 Å². The van der Waals surface area contributed by atoms with E-state index in [2.05, 4.69) is 18.8 Å². The summed E-state index contributed by atoms with van der Waals surface area (Å²) in [5, 5.41) is 3.33. The van der Waals surface area contributed by atoms with Crippen molar-refractivity contribution in [2.45, 2.75) is 32.2 Å². The van der Waals surface area contributed by atoms with Crippen LogP contribution >= 0.6 is 0 Å². The lowest BCUT2D eigenvalue weighted by molar-refractivity contribution is 0.479. The van der Waals surface area contributed by atoms with E-state index in [1.807, 2.05) is 7.05 Å². The molecule has 0 bridgehead atoms. The van der Waals surface area contributed by atoms with Crippen molar-refractivity contribution in [3.05, 3.63) is 12.2 Å². The number of rotatable bonds is 2. The van der Waals surface area contributed by atoms with E-state index in [1.54, 1.807) is 0 Å². The molecule has 1 N–H and O–H groups in total. The third kappa shape index (κ3) is 1.40. The van der Waals surface area contributed by atoms with Gasteiger partial charge in [-0.1, -0.05) is 18.6 Å². The van der Waals surface area contributed by atoms with E-state index >= 15 is 0 Å². The van der Waals surface area contributed by atoms with E-state index in [0.717, 1.165) is 5.92 Å². The molecular weight excluding hydrogens is 122 g/mol. The van der Waals surface area contributed by atoms with Gasteiger partial charge >= 0.3 is 0 Å². The average Bonchev–Trinajstić information content (AvgIpc) is 2.33. The average molecular weight is 139 g/mol. The van der Waals surface area contributed by atoms with Crippen LogP contribution in [0.3, 0.4) is 0 Å². The minimum atomic E-state index is 0.706. The first-order chi connectivity index (χ1) is 4.75. The molecule has 0 spiro atoms. The summed E-state index contributed by atoms with van der Waals surface area (Å²) in [5.41, 5.74) is 1.34. The highest BCUT2D eigenvalue weighted by Gasteiger charge is 2.25. The predicted molar refractivity (Wildman–Crippen MR) is 45.0 cm³/mol. The van der Waals surface area contributed by atoms with Gasteiger partial charge in [0.05, 0.1) is 0 Å². The van der Waals surface area contributed by atoms with E-state index in [9.17, 15) is 0 Å². The Hall–Kier alpha value is -0.300. The summed E-state index contributed by atoms with van der Waals surface area (Å²) in [6.07, 6.45) is 4.03. The zero-order chi connectivity index (χ0) is 7.56. The van der Waals surface area contributed by atoms with Gasteiger partial charge in [0.15, 0.2) is 0 Å². The van der Waals surface area contributed by atoms with Gasteiger partial charge in [-0.3, -0.25) is 0 Å². The van der Waals surface area contributed by atoms with Gasteiger partial charge in [-0.05, 0) is 32.7 Å². The summed E-state index contributed by atoms with van der Waals surface area (Å²) in [6, 6.07) is 0.706. The second-order valence-electron chi connectivity index (χ2n) is 3.28. The Morgan fingerprint density at radius 3 is 2.60 bits per heavy atom. The molecule has 1 saturated carbocycles. The molecule has 1 nitrogen and oxygen atoms in total. The topological polar surface area (TPSA) is 12.0 Å². The Labute approximate surface area is 63.5 Å². The van der Waals surface area contributed by atoms with Crippen molar-refractivity contribution in [2.24, 2.45) is 5.92 Å².